The van der Waals surface area contributed by atoms with Crippen molar-refractivity contribution in [2.75, 3.05) is 27.1 Å². The van der Waals surface area contributed by atoms with Crippen molar-refractivity contribution in [3.63, 3.8) is 0 Å². The number of methoxy groups -OCH3 is 3. The maximum atomic E-state index is 5.42. The van der Waals surface area contributed by atoms with E-state index in [9.17, 15) is 0 Å². The van der Waals surface area contributed by atoms with E-state index in [2.05, 4.69) is 24.0 Å². The average Bonchev–Trinajstić information content (AvgIpc) is 3.03. The van der Waals surface area contributed by atoms with Crippen molar-refractivity contribution in [2.24, 2.45) is 11.0 Å². The molecule has 3 rings (SSSR count). The van der Waals surface area contributed by atoms with Crippen LogP contribution in [-0.4, -0.2) is 47.7 Å². The lowest BCUT2D eigenvalue weighted by atomic mass is 10.1. The lowest BCUT2D eigenvalue weighted by Crippen LogP contribution is -2.17. The summed E-state index contributed by atoms with van der Waals surface area (Å²) < 4.78 is 18.0. The van der Waals surface area contributed by atoms with Gasteiger partial charge in [0.2, 0.25) is 10.9 Å². The number of hydrogen-bond acceptors (Lipinski definition) is 7. The van der Waals surface area contributed by atoms with Crippen LogP contribution < -0.4 is 14.2 Å². The number of aromatic nitrogens is 3. The van der Waals surface area contributed by atoms with Gasteiger partial charge in [-0.2, -0.15) is 9.78 Å². The fourth-order valence-corrected chi connectivity index (χ4v) is 3.43. The molecule has 0 fully saturated rings. The number of hydrogen-bond donors (Lipinski definition) is 0. The fourth-order valence-electron chi connectivity index (χ4n) is 2.41. The second kappa shape index (κ2) is 6.72. The van der Waals surface area contributed by atoms with Crippen molar-refractivity contribution in [2.45, 2.75) is 19.0 Å². The maximum absolute atomic E-state index is 5.42. The molecule has 0 saturated carbocycles. The second-order valence-electron chi connectivity index (χ2n) is 5.57. The van der Waals surface area contributed by atoms with Crippen molar-refractivity contribution in [3.05, 3.63) is 12.1 Å². The second-order valence-corrected chi connectivity index (χ2v) is 6.51. The van der Waals surface area contributed by atoms with Crippen molar-refractivity contribution in [1.82, 2.24) is 14.9 Å². The molecule has 0 aliphatic carbocycles. The summed E-state index contributed by atoms with van der Waals surface area (Å²) in [7, 11) is 4.76. The number of rotatable bonds is 5. The first kappa shape index (κ1) is 16.6. The van der Waals surface area contributed by atoms with Crippen LogP contribution in [0.3, 0.4) is 0 Å². The highest BCUT2D eigenvalue weighted by atomic mass is 32.2. The van der Waals surface area contributed by atoms with E-state index in [0.29, 0.717) is 29.0 Å². The van der Waals surface area contributed by atoms with Crippen LogP contribution in [0.5, 0.6) is 17.2 Å². The summed E-state index contributed by atoms with van der Waals surface area (Å²) in [4.78, 5) is 0. The van der Waals surface area contributed by atoms with Crippen LogP contribution in [0, 0.1) is 5.92 Å². The first-order chi connectivity index (χ1) is 11.6. The van der Waals surface area contributed by atoms with Gasteiger partial charge in [-0.15, -0.1) is 10.2 Å². The van der Waals surface area contributed by atoms with E-state index >= 15 is 0 Å². The van der Waals surface area contributed by atoms with Crippen LogP contribution in [0.1, 0.15) is 13.8 Å². The predicted molar refractivity (Wildman–Crippen MR) is 93.5 cm³/mol. The van der Waals surface area contributed by atoms with Crippen molar-refractivity contribution in [1.29, 1.82) is 0 Å². The zero-order chi connectivity index (χ0) is 17.3. The van der Waals surface area contributed by atoms with Gasteiger partial charge in [-0.3, -0.25) is 0 Å². The van der Waals surface area contributed by atoms with Crippen molar-refractivity contribution < 1.29 is 14.2 Å². The maximum Gasteiger partial charge on any atom is 0.212 e. The van der Waals surface area contributed by atoms with Gasteiger partial charge in [0.1, 0.15) is 0 Å². The number of fused-ring (bicyclic) bond motifs is 1. The summed E-state index contributed by atoms with van der Waals surface area (Å²) in [5.41, 5.74) is 1.92. The molecule has 8 heteroatoms. The summed E-state index contributed by atoms with van der Waals surface area (Å²) in [6.07, 6.45) is 0. The third kappa shape index (κ3) is 2.82. The molecular formula is C16H20N4O3S. The Morgan fingerprint density at radius 1 is 1.04 bits per heavy atom. The molecule has 1 aromatic heterocycles. The molecule has 24 heavy (non-hydrogen) atoms. The quantitative estimate of drug-likeness (QED) is 0.827. The monoisotopic (exact) mass is 348 g/mol. The van der Waals surface area contributed by atoms with E-state index in [4.69, 9.17) is 19.3 Å². The third-order valence-electron chi connectivity index (χ3n) is 3.78. The molecule has 0 radical (unpaired) electrons. The van der Waals surface area contributed by atoms with Crippen LogP contribution >= 0.6 is 11.8 Å². The molecule has 0 unspecified atom stereocenters. The molecular weight excluding hydrogens is 328 g/mol. The zero-order valence-corrected chi connectivity index (χ0v) is 15.2. The van der Waals surface area contributed by atoms with E-state index in [1.54, 1.807) is 37.8 Å². The van der Waals surface area contributed by atoms with Gasteiger partial charge in [0, 0.05) is 11.3 Å². The molecule has 1 aliphatic heterocycles. The Kier molecular flexibility index (Phi) is 4.66. The number of thioether (sulfide) groups is 1. The van der Waals surface area contributed by atoms with Crippen LogP contribution in [0.25, 0.3) is 11.4 Å². The Hall–Kier alpha value is -2.22. The van der Waals surface area contributed by atoms with Gasteiger partial charge in [-0.05, 0) is 18.1 Å². The van der Waals surface area contributed by atoms with Crippen LogP contribution in [0.2, 0.25) is 0 Å². The Labute approximate surface area is 145 Å². The molecule has 2 heterocycles. The molecule has 0 atom stereocenters. The van der Waals surface area contributed by atoms with Gasteiger partial charge >= 0.3 is 0 Å². The van der Waals surface area contributed by atoms with Gasteiger partial charge in [0.15, 0.2) is 17.3 Å². The van der Waals surface area contributed by atoms with Gasteiger partial charge in [0.05, 0.1) is 27.0 Å². The first-order valence-corrected chi connectivity index (χ1v) is 8.54. The summed E-state index contributed by atoms with van der Waals surface area (Å²) >= 11 is 1.64. The van der Waals surface area contributed by atoms with E-state index in [-0.39, 0.29) is 0 Å². The Morgan fingerprint density at radius 2 is 1.71 bits per heavy atom. The van der Waals surface area contributed by atoms with Gasteiger partial charge < -0.3 is 14.2 Å². The summed E-state index contributed by atoms with van der Waals surface area (Å²) in [5.74, 6) is 3.55. The Bertz CT molecular complexity index is 761. The average molecular weight is 348 g/mol. The minimum Gasteiger partial charge on any atom is -0.493 e. The lowest BCUT2D eigenvalue weighted by molar-refractivity contribution is 0.324. The predicted octanol–water partition coefficient (Wildman–Crippen LogP) is 2.94. The summed E-state index contributed by atoms with van der Waals surface area (Å²) in [6.45, 7) is 4.27. The summed E-state index contributed by atoms with van der Waals surface area (Å²) in [6, 6.07) is 3.70. The van der Waals surface area contributed by atoms with Gasteiger partial charge in [-0.1, -0.05) is 25.6 Å². The minimum absolute atomic E-state index is 0.376. The normalized spacial score (nSPS) is 13.5. The Morgan fingerprint density at radius 3 is 2.25 bits per heavy atom. The molecule has 0 N–H and O–H groups in total. The highest BCUT2D eigenvalue weighted by Crippen LogP contribution is 2.41. The smallest absolute Gasteiger partial charge is 0.212 e. The van der Waals surface area contributed by atoms with Gasteiger partial charge in [-0.25, -0.2) is 0 Å². The van der Waals surface area contributed by atoms with E-state index in [1.165, 1.54) is 0 Å². The van der Waals surface area contributed by atoms with Crippen molar-refractivity contribution in [3.8, 4) is 28.6 Å². The highest BCUT2D eigenvalue weighted by molar-refractivity contribution is 7.99. The molecule has 128 valence electrons. The Balaban J connectivity index is 2.14. The molecule has 0 spiro atoms. The molecule has 1 aliphatic rings. The molecule has 1 aromatic carbocycles. The van der Waals surface area contributed by atoms with Crippen LogP contribution in [-0.2, 0) is 0 Å². The first-order valence-electron chi connectivity index (χ1n) is 7.55. The van der Waals surface area contributed by atoms with E-state index < -0.39 is 0 Å². The molecule has 0 saturated heterocycles. The van der Waals surface area contributed by atoms with Crippen LogP contribution in [0.4, 0.5) is 0 Å². The fraction of sp³-hybridized carbons (Fsp3) is 0.438. The highest BCUT2D eigenvalue weighted by Gasteiger charge is 2.23. The number of benzene rings is 1. The third-order valence-corrected chi connectivity index (χ3v) is 4.73. The zero-order valence-electron chi connectivity index (χ0n) is 14.4. The van der Waals surface area contributed by atoms with Crippen LogP contribution in [0.15, 0.2) is 22.4 Å². The molecule has 0 bridgehead atoms. The molecule has 2 aromatic rings. The topological polar surface area (TPSA) is 70.8 Å². The molecule has 0 amide bonds. The lowest BCUT2D eigenvalue weighted by Gasteiger charge is -2.17. The SMILES string of the molecule is COc1cc(-c2nnc3n2N=C(C(C)C)CS3)cc(OC)c1OC. The van der Waals surface area contributed by atoms with Crippen molar-refractivity contribution >= 4 is 17.5 Å². The van der Waals surface area contributed by atoms with Gasteiger partial charge in [0.25, 0.3) is 0 Å². The van der Waals surface area contributed by atoms with E-state index in [1.807, 2.05) is 12.1 Å². The molecule has 7 nitrogen and oxygen atoms in total. The minimum atomic E-state index is 0.376. The number of ether oxygens (including phenoxy) is 3. The summed E-state index contributed by atoms with van der Waals surface area (Å²) in [5, 5.41) is 14.0. The van der Waals surface area contributed by atoms with E-state index in [0.717, 1.165) is 22.2 Å². The largest absolute Gasteiger partial charge is 0.493 e. The number of nitrogens with zero attached hydrogens (tertiary/aromatic N) is 4. The standard InChI is InChI=1S/C16H20N4O3S/c1-9(2)11-8-24-16-18-17-15(20(16)19-11)10-6-12(21-3)14(23-5)13(7-10)22-4/h6-7,9H,8H2,1-5H3.